The van der Waals surface area contributed by atoms with Crippen LogP contribution in [0.2, 0.25) is 0 Å². The Morgan fingerprint density at radius 3 is 2.68 bits per heavy atom. The molecular formula is C24H18N4O2S. The summed E-state index contributed by atoms with van der Waals surface area (Å²) >= 11 is 1.36. The number of thioether (sulfide) groups is 1. The van der Waals surface area contributed by atoms with Gasteiger partial charge in [-0.3, -0.25) is 4.79 Å². The molecule has 152 valence electrons. The number of aromatic nitrogens is 2. The number of amides is 1. The fraction of sp³-hybridized carbons (Fsp3) is 0.250. The van der Waals surface area contributed by atoms with E-state index in [2.05, 4.69) is 40.3 Å². The van der Waals surface area contributed by atoms with Gasteiger partial charge in [0.15, 0.2) is 5.69 Å². The first kappa shape index (κ1) is 18.4. The highest BCUT2D eigenvalue weighted by atomic mass is 32.2. The van der Waals surface area contributed by atoms with E-state index in [1.165, 1.54) is 22.9 Å². The molecule has 1 N–H and O–H groups in total. The Morgan fingerprint density at radius 1 is 1.13 bits per heavy atom. The van der Waals surface area contributed by atoms with Gasteiger partial charge in [0.2, 0.25) is 5.88 Å². The van der Waals surface area contributed by atoms with E-state index in [-0.39, 0.29) is 16.2 Å². The highest BCUT2D eigenvalue weighted by molar-refractivity contribution is 8.14. The number of carbonyl (C=O) groups excluding carboxylic acids is 1. The summed E-state index contributed by atoms with van der Waals surface area (Å²) in [5, 5.41) is 21.9. The molecule has 7 rings (SSSR count). The van der Waals surface area contributed by atoms with Crippen LogP contribution in [0.1, 0.15) is 41.5 Å². The summed E-state index contributed by atoms with van der Waals surface area (Å²) in [5.41, 5.74) is 3.69. The van der Waals surface area contributed by atoms with Gasteiger partial charge in [-0.05, 0) is 54.0 Å². The molecular weight excluding hydrogens is 408 g/mol. The third kappa shape index (κ3) is 2.82. The maximum Gasteiger partial charge on any atom is 0.283 e. The lowest BCUT2D eigenvalue weighted by atomic mass is 9.56. The summed E-state index contributed by atoms with van der Waals surface area (Å²) in [6, 6.07) is 15.8. The predicted molar refractivity (Wildman–Crippen MR) is 118 cm³/mol. The van der Waals surface area contributed by atoms with Gasteiger partial charge in [0, 0.05) is 22.4 Å². The van der Waals surface area contributed by atoms with Gasteiger partial charge in [0.25, 0.3) is 5.24 Å². The van der Waals surface area contributed by atoms with Gasteiger partial charge in [-0.25, -0.2) is 0 Å². The molecule has 2 atom stereocenters. The van der Waals surface area contributed by atoms with Gasteiger partial charge in [-0.1, -0.05) is 42.6 Å². The van der Waals surface area contributed by atoms with Crippen LogP contribution >= 0.6 is 11.8 Å². The molecule has 0 spiro atoms. The molecule has 3 aliphatic carbocycles. The van der Waals surface area contributed by atoms with E-state index in [0.29, 0.717) is 29.4 Å². The SMILES string of the molecule is C=C1NC(=O)SC1[C@H]1c2ccc(Oc3nnc(C#N)c4ccccc34)cc2C2CC1C2. The van der Waals surface area contributed by atoms with Gasteiger partial charge in [-0.2, -0.15) is 5.26 Å². The third-order valence-corrected chi connectivity index (χ3v) is 7.83. The quantitative estimate of drug-likeness (QED) is 0.617. The van der Waals surface area contributed by atoms with E-state index in [9.17, 15) is 10.1 Å². The number of fused-ring (bicyclic) bond motifs is 1. The summed E-state index contributed by atoms with van der Waals surface area (Å²) in [7, 11) is 0. The molecule has 31 heavy (non-hydrogen) atoms. The lowest BCUT2D eigenvalue weighted by Crippen LogP contribution is -2.39. The molecule has 0 radical (unpaired) electrons. The van der Waals surface area contributed by atoms with Gasteiger partial charge < -0.3 is 10.1 Å². The number of carbonyl (C=O) groups is 1. The zero-order valence-electron chi connectivity index (χ0n) is 16.5. The van der Waals surface area contributed by atoms with Crippen molar-refractivity contribution in [2.75, 3.05) is 0 Å². The third-order valence-electron chi connectivity index (χ3n) is 6.68. The van der Waals surface area contributed by atoms with E-state index in [1.54, 1.807) is 0 Å². The van der Waals surface area contributed by atoms with Crippen LogP contribution in [0.4, 0.5) is 4.79 Å². The van der Waals surface area contributed by atoms with Crippen molar-refractivity contribution in [2.24, 2.45) is 5.92 Å². The number of ether oxygens (including phenoxy) is 1. The summed E-state index contributed by atoms with van der Waals surface area (Å²) in [6.45, 7) is 4.09. The second-order valence-corrected chi connectivity index (χ2v) is 9.45. The van der Waals surface area contributed by atoms with Crippen LogP contribution < -0.4 is 10.1 Å². The highest BCUT2D eigenvalue weighted by Crippen LogP contribution is 2.60. The van der Waals surface area contributed by atoms with Crippen molar-refractivity contribution >= 4 is 27.8 Å². The monoisotopic (exact) mass is 426 g/mol. The average Bonchev–Trinajstić information content (AvgIpc) is 3.10. The Hall–Kier alpha value is -3.37. The Bertz CT molecular complexity index is 1310. The van der Waals surface area contributed by atoms with Crippen molar-refractivity contribution in [1.29, 1.82) is 5.26 Å². The van der Waals surface area contributed by atoms with Gasteiger partial charge in [-0.15, -0.1) is 10.2 Å². The Labute approximate surface area is 183 Å². The fourth-order valence-electron chi connectivity index (χ4n) is 5.20. The largest absolute Gasteiger partial charge is 0.437 e. The molecule has 1 aliphatic heterocycles. The van der Waals surface area contributed by atoms with Gasteiger partial charge in [0.1, 0.15) is 11.8 Å². The number of nitriles is 1. The summed E-state index contributed by atoms with van der Waals surface area (Å²) in [4.78, 5) is 11.9. The second kappa shape index (κ2) is 6.82. The molecule has 1 aromatic heterocycles. The summed E-state index contributed by atoms with van der Waals surface area (Å²) in [6.07, 6.45) is 2.28. The lowest BCUT2D eigenvalue weighted by Gasteiger charge is -2.49. The molecule has 2 heterocycles. The van der Waals surface area contributed by atoms with E-state index >= 15 is 0 Å². The van der Waals surface area contributed by atoms with Crippen LogP contribution in [0.15, 0.2) is 54.7 Å². The van der Waals surface area contributed by atoms with Crippen molar-refractivity contribution in [3.8, 4) is 17.7 Å². The molecule has 3 aromatic rings. The van der Waals surface area contributed by atoms with Crippen LogP contribution in [-0.2, 0) is 0 Å². The molecule has 6 nitrogen and oxygen atoms in total. The number of benzene rings is 2. The predicted octanol–water partition coefficient (Wildman–Crippen LogP) is 5.22. The van der Waals surface area contributed by atoms with Crippen molar-refractivity contribution in [2.45, 2.75) is 29.9 Å². The highest BCUT2D eigenvalue weighted by Gasteiger charge is 2.49. The Morgan fingerprint density at radius 2 is 1.94 bits per heavy atom. The molecule has 1 amide bonds. The van der Waals surface area contributed by atoms with Crippen LogP contribution in [0.25, 0.3) is 10.8 Å². The van der Waals surface area contributed by atoms with Crippen molar-refractivity contribution in [3.63, 3.8) is 0 Å². The molecule has 2 aromatic carbocycles. The topological polar surface area (TPSA) is 87.9 Å². The minimum atomic E-state index is -0.00998. The molecule has 1 saturated carbocycles. The molecule has 2 fully saturated rings. The smallest absolute Gasteiger partial charge is 0.283 e. The number of nitrogens with one attached hydrogen (secondary N) is 1. The second-order valence-electron chi connectivity index (χ2n) is 8.33. The number of rotatable bonds is 3. The number of hydrogen-bond acceptors (Lipinski definition) is 6. The van der Waals surface area contributed by atoms with E-state index in [0.717, 1.165) is 29.3 Å². The summed E-state index contributed by atoms with van der Waals surface area (Å²) < 4.78 is 6.15. The first-order chi connectivity index (χ1) is 15.1. The van der Waals surface area contributed by atoms with E-state index < -0.39 is 0 Å². The number of hydrogen-bond donors (Lipinski definition) is 1. The van der Waals surface area contributed by atoms with Crippen molar-refractivity contribution in [3.05, 3.63) is 71.6 Å². The average molecular weight is 427 g/mol. The molecule has 7 heteroatoms. The molecule has 4 aliphatic rings. The van der Waals surface area contributed by atoms with Crippen LogP contribution in [-0.4, -0.2) is 20.7 Å². The maximum atomic E-state index is 11.9. The van der Waals surface area contributed by atoms with Crippen LogP contribution in [0.3, 0.4) is 0 Å². The minimum Gasteiger partial charge on any atom is -0.437 e. The Balaban J connectivity index is 1.37. The summed E-state index contributed by atoms with van der Waals surface area (Å²) in [5.74, 6) is 2.52. The molecule has 1 saturated heterocycles. The zero-order chi connectivity index (χ0) is 21.1. The zero-order valence-corrected chi connectivity index (χ0v) is 17.4. The normalized spacial score (nSPS) is 26.0. The first-order valence-corrected chi connectivity index (χ1v) is 11.1. The maximum absolute atomic E-state index is 11.9. The molecule has 1 unspecified atom stereocenters. The standard InChI is InChI=1S/C24H18N4O2S/c1-12-22(31-24(29)26-12)21-14-8-13(9-14)19-10-15(6-7-17(19)21)30-23-18-5-3-2-4-16(18)20(11-25)27-28-23/h2-7,10,13-14,21-22H,1,8-9H2,(H,26,29)/t13?,14?,21-,22?/m1/s1. The van der Waals surface area contributed by atoms with Crippen LogP contribution in [0.5, 0.6) is 11.6 Å². The van der Waals surface area contributed by atoms with E-state index in [1.807, 2.05) is 30.3 Å². The Kier molecular flexibility index (Phi) is 4.05. The van der Waals surface area contributed by atoms with Gasteiger partial charge in [0.05, 0.1) is 5.25 Å². The lowest BCUT2D eigenvalue weighted by molar-refractivity contribution is 0.193. The van der Waals surface area contributed by atoms with Crippen LogP contribution in [0, 0.1) is 17.2 Å². The first-order valence-electron chi connectivity index (χ1n) is 10.3. The van der Waals surface area contributed by atoms with Crippen molar-refractivity contribution in [1.82, 2.24) is 15.5 Å². The number of nitrogens with zero attached hydrogens (tertiary/aromatic N) is 3. The van der Waals surface area contributed by atoms with Crippen molar-refractivity contribution < 1.29 is 9.53 Å². The van der Waals surface area contributed by atoms with E-state index in [4.69, 9.17) is 4.74 Å². The van der Waals surface area contributed by atoms with Gasteiger partial charge >= 0.3 is 0 Å². The molecule has 2 bridgehead atoms. The fourth-order valence-corrected chi connectivity index (χ4v) is 6.34. The minimum absolute atomic E-state index is 0.00998.